The van der Waals surface area contributed by atoms with E-state index >= 15 is 0 Å². The smallest absolute Gasteiger partial charge is 0.270 e. The average molecular weight is 287 g/mol. The number of halogens is 1. The molecule has 4 nitrogen and oxygen atoms in total. The zero-order valence-corrected chi connectivity index (χ0v) is 10.9. The lowest BCUT2D eigenvalue weighted by molar-refractivity contribution is 0.0891. The topological polar surface area (TPSA) is 62.2 Å². The van der Waals surface area contributed by atoms with Crippen LogP contribution in [0.15, 0.2) is 22.8 Å². The van der Waals surface area contributed by atoms with Crippen molar-refractivity contribution in [3.05, 3.63) is 28.5 Å². The first-order valence-electron chi connectivity index (χ1n) is 5.09. The van der Waals surface area contributed by atoms with Crippen LogP contribution in [0.3, 0.4) is 0 Å². The third-order valence-corrected chi connectivity index (χ3v) is 2.71. The number of hydrogen-bond donors (Lipinski definition) is 2. The van der Waals surface area contributed by atoms with Crippen LogP contribution in [0.5, 0.6) is 0 Å². The molecule has 0 aliphatic rings. The fourth-order valence-corrected chi connectivity index (χ4v) is 1.54. The van der Waals surface area contributed by atoms with Crippen molar-refractivity contribution in [2.45, 2.75) is 19.9 Å². The number of nitrogens with zero attached hydrogens (tertiary/aromatic N) is 1. The zero-order chi connectivity index (χ0) is 12.1. The van der Waals surface area contributed by atoms with Crippen molar-refractivity contribution in [1.82, 2.24) is 10.3 Å². The van der Waals surface area contributed by atoms with Crippen molar-refractivity contribution in [2.24, 2.45) is 5.92 Å². The molecule has 1 aromatic rings. The van der Waals surface area contributed by atoms with Gasteiger partial charge in [0.05, 0.1) is 12.6 Å². The van der Waals surface area contributed by atoms with E-state index in [0.29, 0.717) is 10.3 Å². The average Bonchev–Trinajstić information content (AvgIpc) is 2.25. The van der Waals surface area contributed by atoms with Gasteiger partial charge in [-0.2, -0.15) is 0 Å². The monoisotopic (exact) mass is 286 g/mol. The van der Waals surface area contributed by atoms with Crippen LogP contribution in [-0.2, 0) is 0 Å². The zero-order valence-electron chi connectivity index (χ0n) is 9.27. The number of nitrogens with one attached hydrogen (secondary N) is 1. The molecule has 1 atom stereocenters. The van der Waals surface area contributed by atoms with Gasteiger partial charge in [-0.05, 0) is 34.0 Å². The number of pyridine rings is 1. The van der Waals surface area contributed by atoms with Crippen molar-refractivity contribution < 1.29 is 9.90 Å². The lowest BCUT2D eigenvalue weighted by atomic mass is 10.1. The Hall–Kier alpha value is -0.940. The highest BCUT2D eigenvalue weighted by molar-refractivity contribution is 9.10. The summed E-state index contributed by atoms with van der Waals surface area (Å²) in [6.07, 6.45) is 0. The highest BCUT2D eigenvalue weighted by Crippen LogP contribution is 2.07. The molecule has 0 saturated carbocycles. The van der Waals surface area contributed by atoms with Gasteiger partial charge < -0.3 is 10.4 Å². The number of aliphatic hydroxyl groups is 1. The normalized spacial score (nSPS) is 12.6. The van der Waals surface area contributed by atoms with E-state index in [4.69, 9.17) is 5.11 Å². The van der Waals surface area contributed by atoms with Crippen LogP contribution in [0, 0.1) is 5.92 Å². The van der Waals surface area contributed by atoms with E-state index in [-0.39, 0.29) is 24.5 Å². The van der Waals surface area contributed by atoms with Crippen LogP contribution in [0.2, 0.25) is 0 Å². The summed E-state index contributed by atoms with van der Waals surface area (Å²) in [4.78, 5) is 15.8. The number of carbonyl (C=O) groups is 1. The molecule has 0 aliphatic carbocycles. The van der Waals surface area contributed by atoms with Gasteiger partial charge in [-0.1, -0.05) is 19.9 Å². The molecular weight excluding hydrogens is 272 g/mol. The lowest BCUT2D eigenvalue weighted by Gasteiger charge is -2.19. The van der Waals surface area contributed by atoms with Gasteiger partial charge in [-0.3, -0.25) is 4.79 Å². The number of aromatic nitrogens is 1. The first kappa shape index (κ1) is 13.1. The van der Waals surface area contributed by atoms with Gasteiger partial charge in [-0.25, -0.2) is 4.98 Å². The fourth-order valence-electron chi connectivity index (χ4n) is 1.20. The second-order valence-electron chi connectivity index (χ2n) is 3.85. The highest BCUT2D eigenvalue weighted by Gasteiger charge is 2.16. The summed E-state index contributed by atoms with van der Waals surface area (Å²) < 4.78 is 0.616. The number of aliphatic hydroxyl groups excluding tert-OH is 1. The van der Waals surface area contributed by atoms with E-state index in [2.05, 4.69) is 26.2 Å². The number of carbonyl (C=O) groups excluding carboxylic acids is 1. The van der Waals surface area contributed by atoms with Gasteiger partial charge in [0.25, 0.3) is 5.91 Å². The van der Waals surface area contributed by atoms with Crippen molar-refractivity contribution in [3.8, 4) is 0 Å². The molecule has 1 heterocycles. The largest absolute Gasteiger partial charge is 0.394 e. The molecule has 0 saturated heterocycles. The fraction of sp³-hybridized carbons (Fsp3) is 0.455. The summed E-state index contributed by atoms with van der Waals surface area (Å²) in [5.41, 5.74) is 0.341. The van der Waals surface area contributed by atoms with Crippen LogP contribution in [0.25, 0.3) is 0 Å². The number of hydrogen-bond acceptors (Lipinski definition) is 3. The molecule has 1 aromatic heterocycles. The molecule has 1 rings (SSSR count). The molecule has 2 N–H and O–H groups in total. The standard InChI is InChI=1S/C11H15BrN2O2/c1-7(2)9(6-15)14-11(16)8-4-3-5-10(12)13-8/h3-5,7,9,15H,6H2,1-2H3,(H,14,16). The molecule has 0 spiro atoms. The van der Waals surface area contributed by atoms with E-state index in [1.807, 2.05) is 13.8 Å². The Morgan fingerprint density at radius 2 is 2.25 bits per heavy atom. The summed E-state index contributed by atoms with van der Waals surface area (Å²) in [5, 5.41) is 11.8. The van der Waals surface area contributed by atoms with Gasteiger partial charge >= 0.3 is 0 Å². The minimum Gasteiger partial charge on any atom is -0.394 e. The summed E-state index contributed by atoms with van der Waals surface area (Å²) in [7, 11) is 0. The highest BCUT2D eigenvalue weighted by atomic mass is 79.9. The van der Waals surface area contributed by atoms with E-state index in [9.17, 15) is 4.79 Å². The summed E-state index contributed by atoms with van der Waals surface area (Å²) >= 11 is 3.20. The van der Waals surface area contributed by atoms with E-state index in [0.717, 1.165) is 0 Å². The van der Waals surface area contributed by atoms with Gasteiger partial charge in [0.15, 0.2) is 0 Å². The molecule has 0 fully saturated rings. The second kappa shape index (κ2) is 5.96. The van der Waals surface area contributed by atoms with E-state index in [1.54, 1.807) is 18.2 Å². The van der Waals surface area contributed by atoms with E-state index in [1.165, 1.54) is 0 Å². The van der Waals surface area contributed by atoms with Crippen LogP contribution < -0.4 is 5.32 Å². The maximum Gasteiger partial charge on any atom is 0.270 e. The molecule has 16 heavy (non-hydrogen) atoms. The van der Waals surface area contributed by atoms with Gasteiger partial charge in [-0.15, -0.1) is 0 Å². The maximum atomic E-state index is 11.8. The SMILES string of the molecule is CC(C)C(CO)NC(=O)c1cccc(Br)n1. The molecule has 0 radical (unpaired) electrons. The predicted molar refractivity (Wildman–Crippen MR) is 65.1 cm³/mol. The molecule has 1 unspecified atom stereocenters. The Balaban J connectivity index is 2.72. The molecule has 0 aromatic carbocycles. The third kappa shape index (κ3) is 3.57. The first-order valence-corrected chi connectivity index (χ1v) is 5.88. The van der Waals surface area contributed by atoms with Crippen molar-refractivity contribution >= 4 is 21.8 Å². The van der Waals surface area contributed by atoms with Gasteiger partial charge in [0.1, 0.15) is 10.3 Å². The Kier molecular flexibility index (Phi) is 4.89. The summed E-state index contributed by atoms with van der Waals surface area (Å²) in [6, 6.07) is 4.89. The van der Waals surface area contributed by atoms with Gasteiger partial charge in [0, 0.05) is 0 Å². The second-order valence-corrected chi connectivity index (χ2v) is 4.66. The minimum atomic E-state index is -0.269. The number of rotatable bonds is 4. The van der Waals surface area contributed by atoms with Crippen molar-refractivity contribution in [2.75, 3.05) is 6.61 Å². The molecule has 88 valence electrons. The van der Waals surface area contributed by atoms with Crippen LogP contribution in [0.1, 0.15) is 24.3 Å². The molecule has 0 aliphatic heterocycles. The van der Waals surface area contributed by atoms with E-state index < -0.39 is 0 Å². The quantitative estimate of drug-likeness (QED) is 0.827. The Bertz CT molecular complexity index is 369. The Morgan fingerprint density at radius 3 is 2.75 bits per heavy atom. The Morgan fingerprint density at radius 1 is 1.56 bits per heavy atom. The number of amides is 1. The van der Waals surface area contributed by atoms with Crippen LogP contribution in [0.4, 0.5) is 0 Å². The van der Waals surface area contributed by atoms with Crippen LogP contribution >= 0.6 is 15.9 Å². The van der Waals surface area contributed by atoms with Gasteiger partial charge in [0.2, 0.25) is 0 Å². The molecular formula is C11H15BrN2O2. The van der Waals surface area contributed by atoms with Crippen molar-refractivity contribution in [1.29, 1.82) is 0 Å². The first-order chi connectivity index (χ1) is 7.54. The van der Waals surface area contributed by atoms with Crippen LogP contribution in [-0.4, -0.2) is 28.6 Å². The predicted octanol–water partition coefficient (Wildman–Crippen LogP) is 1.59. The summed E-state index contributed by atoms with van der Waals surface area (Å²) in [5.74, 6) is -0.0878. The molecule has 5 heteroatoms. The maximum absolute atomic E-state index is 11.8. The van der Waals surface area contributed by atoms with Crippen molar-refractivity contribution in [3.63, 3.8) is 0 Å². The Labute approximate surface area is 103 Å². The summed E-state index contributed by atoms with van der Waals surface area (Å²) in [6.45, 7) is 3.81. The lowest BCUT2D eigenvalue weighted by Crippen LogP contribution is -2.41. The minimum absolute atomic E-state index is 0.0720. The molecule has 1 amide bonds. The molecule has 0 bridgehead atoms. The third-order valence-electron chi connectivity index (χ3n) is 2.27.